The van der Waals surface area contributed by atoms with Crippen LogP contribution in [0.15, 0.2) is 12.2 Å². The molecule has 0 fully saturated rings. The zero-order chi connectivity index (χ0) is 11.3. The third kappa shape index (κ3) is 4.06. The molecule has 0 aromatic heterocycles. The summed E-state index contributed by atoms with van der Waals surface area (Å²) in [4.78, 5) is 11.7. The lowest BCUT2D eigenvalue weighted by Gasteiger charge is -2.21. The van der Waals surface area contributed by atoms with E-state index in [0.29, 0.717) is 24.3 Å². The first-order valence-electron chi connectivity index (χ1n) is 6.09. The van der Waals surface area contributed by atoms with E-state index in [1.54, 1.807) is 0 Å². The number of nitrogens with one attached hydrogen (secondary N) is 1. The smallest absolute Gasteiger partial charge is 0.220 e. The van der Waals surface area contributed by atoms with Gasteiger partial charge in [0.05, 0.1) is 0 Å². The molecule has 0 radical (unpaired) electrons. The first kappa shape index (κ1) is 12.3. The standard InChI is InChI=1S/C13H23NO/c1-4-12(10(2)3)14-13(15)9-11-7-5-6-8-11/h5,7,10-12H,4,6,8-9H2,1-3H3,(H,14,15)/t11-,12+/m0/s1. The van der Waals surface area contributed by atoms with E-state index in [1.165, 1.54) is 0 Å². The van der Waals surface area contributed by atoms with Gasteiger partial charge in [-0.15, -0.1) is 0 Å². The van der Waals surface area contributed by atoms with Gasteiger partial charge >= 0.3 is 0 Å². The van der Waals surface area contributed by atoms with E-state index < -0.39 is 0 Å². The van der Waals surface area contributed by atoms with Gasteiger partial charge in [0.1, 0.15) is 0 Å². The molecule has 0 aromatic carbocycles. The van der Waals surface area contributed by atoms with Gasteiger partial charge in [0.15, 0.2) is 0 Å². The molecule has 1 amide bonds. The molecule has 0 spiro atoms. The summed E-state index contributed by atoms with van der Waals surface area (Å²) < 4.78 is 0. The number of carbonyl (C=O) groups excluding carboxylic acids is 1. The fourth-order valence-corrected chi connectivity index (χ4v) is 2.11. The number of carbonyl (C=O) groups is 1. The van der Waals surface area contributed by atoms with Gasteiger partial charge < -0.3 is 5.32 Å². The third-order valence-electron chi connectivity index (χ3n) is 3.15. The molecule has 2 heteroatoms. The summed E-state index contributed by atoms with van der Waals surface area (Å²) in [6, 6.07) is 0.336. The van der Waals surface area contributed by atoms with Crippen LogP contribution in [0, 0.1) is 11.8 Å². The molecule has 86 valence electrons. The molecule has 1 aliphatic rings. The molecule has 1 rings (SSSR count). The zero-order valence-corrected chi connectivity index (χ0v) is 10.1. The van der Waals surface area contributed by atoms with Gasteiger partial charge in [0, 0.05) is 12.5 Å². The molecule has 0 unspecified atom stereocenters. The predicted octanol–water partition coefficient (Wildman–Crippen LogP) is 2.89. The van der Waals surface area contributed by atoms with Gasteiger partial charge in [-0.05, 0) is 31.1 Å². The molecule has 1 aliphatic carbocycles. The predicted molar refractivity (Wildman–Crippen MR) is 63.5 cm³/mol. The van der Waals surface area contributed by atoms with Crippen molar-refractivity contribution < 1.29 is 4.79 Å². The van der Waals surface area contributed by atoms with Crippen molar-refractivity contribution in [2.24, 2.45) is 11.8 Å². The van der Waals surface area contributed by atoms with Gasteiger partial charge in [0.25, 0.3) is 0 Å². The number of hydrogen-bond donors (Lipinski definition) is 1. The second kappa shape index (κ2) is 5.94. The van der Waals surface area contributed by atoms with Gasteiger partial charge in [-0.3, -0.25) is 4.79 Å². The summed E-state index contributed by atoms with van der Waals surface area (Å²) in [6.45, 7) is 6.44. The highest BCUT2D eigenvalue weighted by molar-refractivity contribution is 5.76. The Labute approximate surface area is 93.1 Å². The summed E-state index contributed by atoms with van der Waals surface area (Å²) >= 11 is 0. The van der Waals surface area contributed by atoms with Crippen LogP contribution in [0.2, 0.25) is 0 Å². The highest BCUT2D eigenvalue weighted by Crippen LogP contribution is 2.20. The fraction of sp³-hybridized carbons (Fsp3) is 0.769. The number of allylic oxidation sites excluding steroid dienone is 2. The maximum absolute atomic E-state index is 11.7. The quantitative estimate of drug-likeness (QED) is 0.693. The van der Waals surface area contributed by atoms with E-state index in [-0.39, 0.29) is 5.91 Å². The number of rotatable bonds is 5. The Morgan fingerprint density at radius 2 is 2.27 bits per heavy atom. The average molecular weight is 209 g/mol. The maximum atomic E-state index is 11.7. The van der Waals surface area contributed by atoms with Gasteiger partial charge in [-0.2, -0.15) is 0 Å². The van der Waals surface area contributed by atoms with Crippen molar-refractivity contribution >= 4 is 5.91 Å². The summed E-state index contributed by atoms with van der Waals surface area (Å²) in [7, 11) is 0. The lowest BCUT2D eigenvalue weighted by atomic mass is 10.00. The minimum Gasteiger partial charge on any atom is -0.353 e. The molecule has 0 bridgehead atoms. The second-order valence-corrected chi connectivity index (χ2v) is 4.80. The lowest BCUT2D eigenvalue weighted by molar-refractivity contribution is -0.122. The highest BCUT2D eigenvalue weighted by Gasteiger charge is 2.17. The molecular weight excluding hydrogens is 186 g/mol. The summed E-state index contributed by atoms with van der Waals surface area (Å²) in [5.41, 5.74) is 0. The molecule has 0 aromatic rings. The molecule has 15 heavy (non-hydrogen) atoms. The van der Waals surface area contributed by atoms with E-state index in [2.05, 4.69) is 38.2 Å². The SMILES string of the molecule is CC[C@@H](NC(=O)C[C@H]1C=CCC1)C(C)C. The molecule has 0 aliphatic heterocycles. The fourth-order valence-electron chi connectivity index (χ4n) is 2.11. The van der Waals surface area contributed by atoms with Crippen LogP contribution in [0.1, 0.15) is 46.5 Å². The van der Waals surface area contributed by atoms with Crippen molar-refractivity contribution in [1.82, 2.24) is 5.32 Å². The van der Waals surface area contributed by atoms with E-state index in [4.69, 9.17) is 0 Å². The molecule has 0 heterocycles. The van der Waals surface area contributed by atoms with E-state index in [9.17, 15) is 4.79 Å². The molecule has 2 nitrogen and oxygen atoms in total. The van der Waals surface area contributed by atoms with Crippen molar-refractivity contribution in [3.05, 3.63) is 12.2 Å². The third-order valence-corrected chi connectivity index (χ3v) is 3.15. The Bertz CT molecular complexity index is 233. The lowest BCUT2D eigenvalue weighted by Crippen LogP contribution is -2.38. The second-order valence-electron chi connectivity index (χ2n) is 4.80. The Balaban J connectivity index is 2.30. The Kier molecular flexibility index (Phi) is 4.86. The molecule has 0 saturated carbocycles. The van der Waals surface area contributed by atoms with Crippen molar-refractivity contribution in [3.8, 4) is 0 Å². The van der Waals surface area contributed by atoms with Gasteiger partial charge in [0.2, 0.25) is 5.91 Å². The summed E-state index contributed by atoms with van der Waals surface area (Å²) in [5.74, 6) is 1.22. The topological polar surface area (TPSA) is 29.1 Å². The Morgan fingerprint density at radius 1 is 1.53 bits per heavy atom. The van der Waals surface area contributed by atoms with Crippen LogP contribution < -0.4 is 5.32 Å². The van der Waals surface area contributed by atoms with E-state index >= 15 is 0 Å². The van der Waals surface area contributed by atoms with Crippen molar-refractivity contribution in [2.45, 2.75) is 52.5 Å². The van der Waals surface area contributed by atoms with Crippen LogP contribution >= 0.6 is 0 Å². The molecular formula is C13H23NO. The van der Waals surface area contributed by atoms with Crippen molar-refractivity contribution in [2.75, 3.05) is 0 Å². The van der Waals surface area contributed by atoms with Crippen LogP contribution in [0.3, 0.4) is 0 Å². The highest BCUT2D eigenvalue weighted by atomic mass is 16.1. The van der Waals surface area contributed by atoms with Gasteiger partial charge in [-0.25, -0.2) is 0 Å². The van der Waals surface area contributed by atoms with Crippen LogP contribution in [-0.2, 0) is 4.79 Å². The number of hydrogen-bond acceptors (Lipinski definition) is 1. The first-order chi connectivity index (χ1) is 7.13. The first-order valence-corrected chi connectivity index (χ1v) is 6.09. The zero-order valence-electron chi connectivity index (χ0n) is 10.1. The molecule has 0 saturated heterocycles. The molecule has 1 N–H and O–H groups in total. The van der Waals surface area contributed by atoms with Crippen molar-refractivity contribution in [1.29, 1.82) is 0 Å². The summed E-state index contributed by atoms with van der Waals surface area (Å²) in [5, 5.41) is 3.12. The normalized spacial score (nSPS) is 22.0. The van der Waals surface area contributed by atoms with E-state index in [0.717, 1.165) is 19.3 Å². The molecule has 2 atom stereocenters. The Morgan fingerprint density at radius 3 is 2.73 bits per heavy atom. The van der Waals surface area contributed by atoms with E-state index in [1.807, 2.05) is 0 Å². The Hall–Kier alpha value is -0.790. The minimum atomic E-state index is 0.215. The van der Waals surface area contributed by atoms with Crippen LogP contribution in [0.25, 0.3) is 0 Å². The monoisotopic (exact) mass is 209 g/mol. The minimum absolute atomic E-state index is 0.215. The average Bonchev–Trinajstić information content (AvgIpc) is 2.66. The number of amides is 1. The van der Waals surface area contributed by atoms with Gasteiger partial charge in [-0.1, -0.05) is 32.9 Å². The van der Waals surface area contributed by atoms with Crippen LogP contribution in [-0.4, -0.2) is 11.9 Å². The summed E-state index contributed by atoms with van der Waals surface area (Å²) in [6.07, 6.45) is 8.32. The van der Waals surface area contributed by atoms with Crippen LogP contribution in [0.5, 0.6) is 0 Å². The van der Waals surface area contributed by atoms with Crippen molar-refractivity contribution in [3.63, 3.8) is 0 Å². The van der Waals surface area contributed by atoms with Crippen LogP contribution in [0.4, 0.5) is 0 Å². The maximum Gasteiger partial charge on any atom is 0.220 e. The largest absolute Gasteiger partial charge is 0.353 e.